The van der Waals surface area contributed by atoms with Crippen LogP contribution < -0.4 is 10.6 Å². The molecule has 2 amide bonds. The van der Waals surface area contributed by atoms with Crippen molar-refractivity contribution in [3.63, 3.8) is 0 Å². The highest BCUT2D eigenvalue weighted by Crippen LogP contribution is 2.16. The Hall–Kier alpha value is -1.55. The van der Waals surface area contributed by atoms with Crippen molar-refractivity contribution in [3.8, 4) is 0 Å². The van der Waals surface area contributed by atoms with Gasteiger partial charge in [0.25, 0.3) is 0 Å². The van der Waals surface area contributed by atoms with E-state index in [-0.39, 0.29) is 12.1 Å². The molecule has 1 atom stereocenters. The minimum atomic E-state index is -0.0441. The summed E-state index contributed by atoms with van der Waals surface area (Å²) in [6.45, 7) is 12.1. The second-order valence-corrected chi connectivity index (χ2v) is 5.61. The van der Waals surface area contributed by atoms with E-state index in [1.807, 2.05) is 32.9 Å². The summed E-state index contributed by atoms with van der Waals surface area (Å²) in [6, 6.07) is 8.54. The lowest BCUT2D eigenvalue weighted by molar-refractivity contribution is 0.201. The summed E-state index contributed by atoms with van der Waals surface area (Å²) in [5.74, 6) is 0. The third kappa shape index (κ3) is 5.38. The lowest BCUT2D eigenvalue weighted by Crippen LogP contribution is -2.39. The van der Waals surface area contributed by atoms with Gasteiger partial charge in [-0.2, -0.15) is 0 Å². The predicted molar refractivity (Wildman–Crippen MR) is 89.7 cm³/mol. The minimum Gasteiger partial charge on any atom is -0.322 e. The van der Waals surface area contributed by atoms with E-state index in [9.17, 15) is 4.79 Å². The highest BCUT2D eigenvalue weighted by Gasteiger charge is 2.14. The van der Waals surface area contributed by atoms with E-state index in [0.717, 1.165) is 18.7 Å². The summed E-state index contributed by atoms with van der Waals surface area (Å²) in [7, 11) is 0. The molecule has 0 aliphatic carbocycles. The lowest BCUT2D eigenvalue weighted by Gasteiger charge is -2.25. The van der Waals surface area contributed by atoms with Gasteiger partial charge in [0, 0.05) is 24.3 Å². The number of carbonyl (C=O) groups excluding carboxylic acids is 1. The van der Waals surface area contributed by atoms with Crippen molar-refractivity contribution in [2.45, 2.75) is 53.1 Å². The van der Waals surface area contributed by atoms with E-state index >= 15 is 0 Å². The number of rotatable bonds is 7. The van der Waals surface area contributed by atoms with Gasteiger partial charge in [-0.3, -0.25) is 0 Å². The largest absolute Gasteiger partial charge is 0.322 e. The van der Waals surface area contributed by atoms with Crippen LogP contribution >= 0.6 is 0 Å². The number of carbonyl (C=O) groups is 1. The highest BCUT2D eigenvalue weighted by molar-refractivity contribution is 5.89. The summed E-state index contributed by atoms with van der Waals surface area (Å²) >= 11 is 0. The van der Waals surface area contributed by atoms with Crippen LogP contribution in [-0.2, 0) is 0 Å². The first-order valence-corrected chi connectivity index (χ1v) is 7.90. The molecule has 4 nitrogen and oxygen atoms in total. The number of amides is 2. The second kappa shape index (κ2) is 8.67. The van der Waals surface area contributed by atoms with Crippen molar-refractivity contribution in [3.05, 3.63) is 29.8 Å². The van der Waals surface area contributed by atoms with E-state index in [0.29, 0.717) is 12.6 Å². The first-order chi connectivity index (χ1) is 9.99. The molecular weight excluding hydrogens is 262 g/mol. The first kappa shape index (κ1) is 17.5. The second-order valence-electron chi connectivity index (χ2n) is 5.61. The molecule has 0 bridgehead atoms. The molecule has 0 aromatic heterocycles. The topological polar surface area (TPSA) is 44.4 Å². The zero-order valence-corrected chi connectivity index (χ0v) is 13.9. The molecule has 0 radical (unpaired) electrons. The van der Waals surface area contributed by atoms with Crippen molar-refractivity contribution in [1.82, 2.24) is 10.2 Å². The predicted octanol–water partition coefficient (Wildman–Crippen LogP) is 4.01. The Balaban J connectivity index is 2.64. The fourth-order valence-corrected chi connectivity index (χ4v) is 2.27. The summed E-state index contributed by atoms with van der Waals surface area (Å²) in [6.07, 6.45) is 1.13. The van der Waals surface area contributed by atoms with Crippen LogP contribution in [0.4, 0.5) is 10.5 Å². The van der Waals surface area contributed by atoms with Crippen LogP contribution in [0, 0.1) is 0 Å². The summed E-state index contributed by atoms with van der Waals surface area (Å²) in [4.78, 5) is 14.0. The van der Waals surface area contributed by atoms with Crippen LogP contribution in [0.25, 0.3) is 0 Å². The van der Waals surface area contributed by atoms with E-state index in [4.69, 9.17) is 0 Å². The molecule has 0 heterocycles. The van der Waals surface area contributed by atoms with E-state index < -0.39 is 0 Å². The number of benzene rings is 1. The van der Waals surface area contributed by atoms with Crippen LogP contribution in [0.5, 0.6) is 0 Å². The third-order valence-corrected chi connectivity index (χ3v) is 3.59. The highest BCUT2D eigenvalue weighted by atomic mass is 16.2. The van der Waals surface area contributed by atoms with Gasteiger partial charge >= 0.3 is 6.03 Å². The van der Waals surface area contributed by atoms with Crippen molar-refractivity contribution in [2.75, 3.05) is 18.4 Å². The molecule has 0 spiro atoms. The fourth-order valence-electron chi connectivity index (χ4n) is 2.27. The normalized spacial score (nSPS) is 12.3. The van der Waals surface area contributed by atoms with Gasteiger partial charge in [0.2, 0.25) is 0 Å². The average Bonchev–Trinajstić information content (AvgIpc) is 2.45. The molecule has 21 heavy (non-hydrogen) atoms. The monoisotopic (exact) mass is 291 g/mol. The van der Waals surface area contributed by atoms with Gasteiger partial charge in [-0.05, 0) is 58.4 Å². The molecule has 2 N–H and O–H groups in total. The first-order valence-electron chi connectivity index (χ1n) is 7.90. The molecule has 1 unspecified atom stereocenters. The van der Waals surface area contributed by atoms with Crippen LogP contribution in [0.3, 0.4) is 0 Å². The van der Waals surface area contributed by atoms with Crippen molar-refractivity contribution >= 4 is 11.7 Å². The average molecular weight is 291 g/mol. The van der Waals surface area contributed by atoms with Crippen LogP contribution in [0.1, 0.15) is 52.6 Å². The van der Waals surface area contributed by atoms with Gasteiger partial charge < -0.3 is 15.5 Å². The van der Waals surface area contributed by atoms with Crippen LogP contribution in [-0.4, -0.2) is 30.1 Å². The molecule has 0 aliphatic heterocycles. The van der Waals surface area contributed by atoms with Crippen molar-refractivity contribution in [1.29, 1.82) is 0 Å². The maximum atomic E-state index is 12.1. The maximum Gasteiger partial charge on any atom is 0.322 e. The van der Waals surface area contributed by atoms with Crippen molar-refractivity contribution < 1.29 is 4.79 Å². The van der Waals surface area contributed by atoms with Crippen LogP contribution in [0.2, 0.25) is 0 Å². The molecule has 0 saturated heterocycles. The number of nitrogens with one attached hydrogen (secondary N) is 2. The Kier molecular flexibility index (Phi) is 7.23. The van der Waals surface area contributed by atoms with Gasteiger partial charge in [0.05, 0.1) is 0 Å². The van der Waals surface area contributed by atoms with Gasteiger partial charge in [-0.15, -0.1) is 0 Å². The standard InChI is InChI=1S/C17H29N3O/c1-6-12-18-14(5)15-8-10-16(11-9-15)19-17(21)20(7-2)13(3)4/h8-11,13-14,18H,6-7,12H2,1-5H3,(H,19,21). The number of urea groups is 1. The summed E-state index contributed by atoms with van der Waals surface area (Å²) in [5, 5.41) is 6.41. The molecule has 118 valence electrons. The molecular formula is C17H29N3O. The molecule has 0 aliphatic rings. The third-order valence-electron chi connectivity index (χ3n) is 3.59. The summed E-state index contributed by atoms with van der Waals surface area (Å²) < 4.78 is 0. The molecule has 1 rings (SSSR count). The Morgan fingerprint density at radius 2 is 1.76 bits per heavy atom. The summed E-state index contributed by atoms with van der Waals surface area (Å²) in [5.41, 5.74) is 2.07. The number of hydrogen-bond donors (Lipinski definition) is 2. The zero-order valence-electron chi connectivity index (χ0n) is 13.9. The number of anilines is 1. The fraction of sp³-hybridized carbons (Fsp3) is 0.588. The Morgan fingerprint density at radius 3 is 2.24 bits per heavy atom. The number of hydrogen-bond acceptors (Lipinski definition) is 2. The number of nitrogens with zero attached hydrogens (tertiary/aromatic N) is 1. The van der Waals surface area contributed by atoms with E-state index in [2.05, 4.69) is 36.6 Å². The quantitative estimate of drug-likeness (QED) is 0.797. The van der Waals surface area contributed by atoms with E-state index in [1.165, 1.54) is 5.56 Å². The molecule has 4 heteroatoms. The van der Waals surface area contributed by atoms with E-state index in [1.54, 1.807) is 4.90 Å². The SMILES string of the molecule is CCCNC(C)c1ccc(NC(=O)N(CC)C(C)C)cc1. The lowest BCUT2D eigenvalue weighted by atomic mass is 10.1. The van der Waals surface area contributed by atoms with Gasteiger partial charge in [0.15, 0.2) is 0 Å². The minimum absolute atomic E-state index is 0.0441. The van der Waals surface area contributed by atoms with Gasteiger partial charge in [-0.1, -0.05) is 19.1 Å². The molecule has 0 fully saturated rings. The van der Waals surface area contributed by atoms with Gasteiger partial charge in [-0.25, -0.2) is 4.79 Å². The smallest absolute Gasteiger partial charge is 0.322 e. The molecule has 1 aromatic rings. The zero-order chi connectivity index (χ0) is 15.8. The maximum absolute atomic E-state index is 12.1. The Morgan fingerprint density at radius 1 is 1.14 bits per heavy atom. The molecule has 0 saturated carbocycles. The Bertz CT molecular complexity index is 428. The van der Waals surface area contributed by atoms with Crippen LogP contribution in [0.15, 0.2) is 24.3 Å². The Labute approximate surface area is 128 Å². The van der Waals surface area contributed by atoms with Crippen molar-refractivity contribution in [2.24, 2.45) is 0 Å². The molecule has 1 aromatic carbocycles. The van der Waals surface area contributed by atoms with Gasteiger partial charge in [0.1, 0.15) is 0 Å².